The summed E-state index contributed by atoms with van der Waals surface area (Å²) in [4.78, 5) is 14.0. The maximum absolute atomic E-state index is 11.9. The summed E-state index contributed by atoms with van der Waals surface area (Å²) in [5.74, 6) is 0.853. The standard InChI is InChI=1S/C13H26N2O/c1-9(2)7-11-14-8-12(16)15(11)10(3)13(4,5)6/h9-11,14H,7-8H2,1-6H3. The van der Waals surface area contributed by atoms with E-state index in [1.807, 2.05) is 4.90 Å². The molecule has 1 rings (SSSR count). The minimum atomic E-state index is 0.136. The fourth-order valence-electron chi connectivity index (χ4n) is 2.12. The van der Waals surface area contributed by atoms with Crippen molar-refractivity contribution >= 4 is 5.91 Å². The highest BCUT2D eigenvalue weighted by Gasteiger charge is 2.38. The summed E-state index contributed by atoms with van der Waals surface area (Å²) in [6.07, 6.45) is 1.26. The van der Waals surface area contributed by atoms with E-state index < -0.39 is 0 Å². The van der Waals surface area contributed by atoms with Gasteiger partial charge in [0, 0.05) is 6.04 Å². The average molecular weight is 226 g/mol. The number of hydrogen-bond donors (Lipinski definition) is 1. The molecule has 94 valence electrons. The number of amides is 1. The zero-order valence-corrected chi connectivity index (χ0v) is 11.5. The zero-order valence-electron chi connectivity index (χ0n) is 11.5. The average Bonchev–Trinajstić information content (AvgIpc) is 2.43. The van der Waals surface area contributed by atoms with Crippen LogP contribution in [-0.2, 0) is 4.79 Å². The summed E-state index contributed by atoms with van der Waals surface area (Å²) in [5, 5.41) is 3.32. The van der Waals surface area contributed by atoms with Gasteiger partial charge in [0.15, 0.2) is 0 Å². The summed E-state index contributed by atoms with van der Waals surface area (Å²) < 4.78 is 0. The Balaban J connectivity index is 2.77. The molecule has 2 unspecified atom stereocenters. The molecule has 1 N–H and O–H groups in total. The number of nitrogens with zero attached hydrogens (tertiary/aromatic N) is 1. The third-order valence-corrected chi connectivity index (χ3v) is 3.48. The molecule has 1 fully saturated rings. The van der Waals surface area contributed by atoms with Crippen LogP contribution in [0.2, 0.25) is 0 Å². The molecule has 3 nitrogen and oxygen atoms in total. The summed E-state index contributed by atoms with van der Waals surface area (Å²) >= 11 is 0. The van der Waals surface area contributed by atoms with Crippen LogP contribution in [0.15, 0.2) is 0 Å². The van der Waals surface area contributed by atoms with E-state index in [4.69, 9.17) is 0 Å². The highest BCUT2D eigenvalue weighted by molar-refractivity contribution is 5.81. The Kier molecular flexibility index (Phi) is 4.00. The molecule has 0 aromatic rings. The van der Waals surface area contributed by atoms with E-state index in [0.29, 0.717) is 12.5 Å². The number of carbonyl (C=O) groups is 1. The normalized spacial score (nSPS) is 24.3. The molecule has 2 atom stereocenters. The lowest BCUT2D eigenvalue weighted by Crippen LogP contribution is -2.49. The van der Waals surface area contributed by atoms with Gasteiger partial charge in [-0.1, -0.05) is 34.6 Å². The van der Waals surface area contributed by atoms with E-state index in [1.165, 1.54) is 0 Å². The van der Waals surface area contributed by atoms with Crippen molar-refractivity contribution in [2.75, 3.05) is 6.54 Å². The Bertz CT molecular complexity index is 255. The van der Waals surface area contributed by atoms with Crippen molar-refractivity contribution in [2.45, 2.75) is 60.2 Å². The van der Waals surface area contributed by atoms with Gasteiger partial charge in [-0.05, 0) is 24.7 Å². The Morgan fingerprint density at radius 1 is 1.38 bits per heavy atom. The van der Waals surface area contributed by atoms with Crippen molar-refractivity contribution < 1.29 is 4.79 Å². The van der Waals surface area contributed by atoms with Gasteiger partial charge in [0.1, 0.15) is 0 Å². The maximum Gasteiger partial charge on any atom is 0.238 e. The van der Waals surface area contributed by atoms with Gasteiger partial charge in [0.2, 0.25) is 5.91 Å². The lowest BCUT2D eigenvalue weighted by Gasteiger charge is -2.39. The van der Waals surface area contributed by atoms with Gasteiger partial charge >= 0.3 is 0 Å². The molecule has 0 bridgehead atoms. The quantitative estimate of drug-likeness (QED) is 0.800. The van der Waals surface area contributed by atoms with Crippen LogP contribution in [0.1, 0.15) is 48.0 Å². The number of rotatable bonds is 3. The van der Waals surface area contributed by atoms with E-state index >= 15 is 0 Å². The number of hydrogen-bond acceptors (Lipinski definition) is 2. The predicted molar refractivity (Wildman–Crippen MR) is 67.0 cm³/mol. The SMILES string of the molecule is CC(C)CC1NCC(=O)N1C(C)C(C)(C)C. The topological polar surface area (TPSA) is 32.3 Å². The van der Waals surface area contributed by atoms with E-state index in [0.717, 1.165) is 6.42 Å². The van der Waals surface area contributed by atoms with Crippen LogP contribution in [0.5, 0.6) is 0 Å². The fraction of sp³-hybridized carbons (Fsp3) is 0.923. The number of carbonyl (C=O) groups excluding carboxylic acids is 1. The van der Waals surface area contributed by atoms with Crippen molar-refractivity contribution in [1.29, 1.82) is 0 Å². The predicted octanol–water partition coefficient (Wildman–Crippen LogP) is 2.22. The Labute approximate surface area is 99.6 Å². The first-order valence-corrected chi connectivity index (χ1v) is 6.28. The van der Waals surface area contributed by atoms with Crippen LogP contribution < -0.4 is 5.32 Å². The van der Waals surface area contributed by atoms with E-state index in [1.54, 1.807) is 0 Å². The van der Waals surface area contributed by atoms with Crippen molar-refractivity contribution in [3.05, 3.63) is 0 Å². The second-order valence-electron chi connectivity index (χ2n) is 6.37. The smallest absolute Gasteiger partial charge is 0.238 e. The van der Waals surface area contributed by atoms with Crippen LogP contribution in [0, 0.1) is 11.3 Å². The first kappa shape index (κ1) is 13.5. The van der Waals surface area contributed by atoms with Gasteiger partial charge in [-0.2, -0.15) is 0 Å². The van der Waals surface area contributed by atoms with Crippen LogP contribution in [0.25, 0.3) is 0 Å². The van der Waals surface area contributed by atoms with Crippen molar-refractivity contribution in [2.24, 2.45) is 11.3 Å². The number of nitrogens with one attached hydrogen (secondary N) is 1. The van der Waals surface area contributed by atoms with Crippen molar-refractivity contribution in [3.63, 3.8) is 0 Å². The molecule has 0 saturated carbocycles. The summed E-state index contributed by atoms with van der Waals surface area (Å²) in [7, 11) is 0. The van der Waals surface area contributed by atoms with Crippen molar-refractivity contribution in [3.8, 4) is 0 Å². The zero-order chi connectivity index (χ0) is 12.5. The molecule has 0 aromatic carbocycles. The van der Waals surface area contributed by atoms with Gasteiger partial charge < -0.3 is 4.90 Å². The molecular weight excluding hydrogens is 200 g/mol. The van der Waals surface area contributed by atoms with E-state index in [2.05, 4.69) is 46.9 Å². The summed E-state index contributed by atoms with van der Waals surface area (Å²) in [6, 6.07) is 0.277. The van der Waals surface area contributed by atoms with Gasteiger partial charge in [-0.15, -0.1) is 0 Å². The third kappa shape index (κ3) is 2.97. The Hall–Kier alpha value is -0.570. The molecule has 3 heteroatoms. The second-order valence-corrected chi connectivity index (χ2v) is 6.37. The summed E-state index contributed by atoms with van der Waals surface area (Å²) in [6.45, 7) is 13.6. The third-order valence-electron chi connectivity index (χ3n) is 3.48. The molecular formula is C13H26N2O. The lowest BCUT2D eigenvalue weighted by atomic mass is 9.86. The highest BCUT2D eigenvalue weighted by Crippen LogP contribution is 2.28. The molecule has 16 heavy (non-hydrogen) atoms. The van der Waals surface area contributed by atoms with Crippen LogP contribution in [-0.4, -0.2) is 29.6 Å². The van der Waals surface area contributed by atoms with Crippen LogP contribution >= 0.6 is 0 Å². The maximum atomic E-state index is 11.9. The minimum Gasteiger partial charge on any atom is -0.323 e. The minimum absolute atomic E-state index is 0.136. The van der Waals surface area contributed by atoms with Crippen molar-refractivity contribution in [1.82, 2.24) is 10.2 Å². The first-order valence-electron chi connectivity index (χ1n) is 6.28. The molecule has 0 radical (unpaired) electrons. The van der Waals surface area contributed by atoms with E-state index in [9.17, 15) is 4.79 Å². The molecule has 1 saturated heterocycles. The van der Waals surface area contributed by atoms with E-state index in [-0.39, 0.29) is 23.5 Å². The molecule has 1 aliphatic heterocycles. The monoisotopic (exact) mass is 226 g/mol. The van der Waals surface area contributed by atoms with Gasteiger partial charge in [-0.25, -0.2) is 0 Å². The fourth-order valence-corrected chi connectivity index (χ4v) is 2.12. The molecule has 1 amide bonds. The Morgan fingerprint density at radius 3 is 2.38 bits per heavy atom. The van der Waals surface area contributed by atoms with Gasteiger partial charge in [-0.3, -0.25) is 10.1 Å². The molecule has 1 aliphatic rings. The van der Waals surface area contributed by atoms with Gasteiger partial charge in [0.25, 0.3) is 0 Å². The molecule has 0 aliphatic carbocycles. The Morgan fingerprint density at radius 2 is 1.94 bits per heavy atom. The van der Waals surface area contributed by atoms with Crippen LogP contribution in [0.3, 0.4) is 0 Å². The summed E-state index contributed by atoms with van der Waals surface area (Å²) in [5.41, 5.74) is 0.136. The van der Waals surface area contributed by atoms with Gasteiger partial charge in [0.05, 0.1) is 12.7 Å². The first-order chi connectivity index (χ1) is 7.23. The lowest BCUT2D eigenvalue weighted by molar-refractivity contribution is -0.132. The molecule has 0 spiro atoms. The molecule has 0 aromatic heterocycles. The largest absolute Gasteiger partial charge is 0.323 e. The second kappa shape index (κ2) is 4.74. The highest BCUT2D eigenvalue weighted by atomic mass is 16.2. The molecule has 1 heterocycles. The van der Waals surface area contributed by atoms with Crippen LogP contribution in [0.4, 0.5) is 0 Å².